The number of rotatable bonds is 5. The van der Waals surface area contributed by atoms with Crippen LogP contribution in [0.4, 0.5) is 5.69 Å². The fourth-order valence-corrected chi connectivity index (χ4v) is 3.07. The Kier molecular flexibility index (Phi) is 5.30. The number of para-hydroxylation sites is 1. The summed E-state index contributed by atoms with van der Waals surface area (Å²) in [5, 5.41) is 14.0. The van der Waals surface area contributed by atoms with Crippen molar-refractivity contribution in [2.24, 2.45) is 5.92 Å². The van der Waals surface area contributed by atoms with Gasteiger partial charge in [-0.15, -0.1) is 0 Å². The Hall–Kier alpha value is -0.770. The Bertz CT molecular complexity index is 448. The molecule has 3 nitrogen and oxygen atoms in total. The Morgan fingerprint density at radius 3 is 2.75 bits per heavy atom. The molecule has 0 amide bonds. The average molecular weight is 297 g/mol. The lowest BCUT2D eigenvalue weighted by molar-refractivity contribution is 0.136. The minimum Gasteiger partial charge on any atom is -0.393 e. The molecule has 0 aromatic heterocycles. The predicted octanol–water partition coefficient (Wildman–Crippen LogP) is 3.05. The molecule has 1 aromatic carbocycles. The van der Waals surface area contributed by atoms with Crippen molar-refractivity contribution < 1.29 is 5.11 Å². The van der Waals surface area contributed by atoms with E-state index in [9.17, 15) is 5.11 Å². The van der Waals surface area contributed by atoms with Gasteiger partial charge in [0, 0.05) is 31.6 Å². The third-order valence-electron chi connectivity index (χ3n) is 3.99. The van der Waals surface area contributed by atoms with E-state index in [1.807, 2.05) is 19.1 Å². The predicted molar refractivity (Wildman–Crippen MR) is 85.4 cm³/mol. The van der Waals surface area contributed by atoms with Crippen molar-refractivity contribution in [1.82, 2.24) is 5.32 Å². The fourth-order valence-electron chi connectivity index (χ4n) is 2.76. The molecule has 0 bridgehead atoms. The number of nitrogens with one attached hydrogen (secondary N) is 1. The van der Waals surface area contributed by atoms with Gasteiger partial charge in [0.25, 0.3) is 0 Å². The molecule has 0 aliphatic carbocycles. The lowest BCUT2D eigenvalue weighted by Gasteiger charge is -2.24. The van der Waals surface area contributed by atoms with Crippen LogP contribution in [0.15, 0.2) is 18.2 Å². The van der Waals surface area contributed by atoms with E-state index in [-0.39, 0.29) is 6.10 Å². The molecule has 4 heteroatoms. The number of aliphatic hydroxyl groups is 1. The van der Waals surface area contributed by atoms with Gasteiger partial charge in [0.05, 0.1) is 16.8 Å². The summed E-state index contributed by atoms with van der Waals surface area (Å²) in [6.45, 7) is 8.84. The molecule has 1 saturated heterocycles. The van der Waals surface area contributed by atoms with Crippen molar-refractivity contribution in [3.05, 3.63) is 28.8 Å². The number of hydrogen-bond donors (Lipinski definition) is 2. The second-order valence-corrected chi connectivity index (χ2v) is 6.43. The van der Waals surface area contributed by atoms with Crippen LogP contribution >= 0.6 is 11.6 Å². The van der Waals surface area contributed by atoms with Crippen LogP contribution in [0.5, 0.6) is 0 Å². The summed E-state index contributed by atoms with van der Waals surface area (Å²) >= 11 is 6.42. The molecule has 0 spiro atoms. The SMILES string of the molecule is CC(C)NCc1cccc(Cl)c1N1CCC(C(C)O)C1. The Morgan fingerprint density at radius 1 is 1.40 bits per heavy atom. The maximum atomic E-state index is 9.76. The summed E-state index contributed by atoms with van der Waals surface area (Å²) in [5.74, 6) is 0.345. The second kappa shape index (κ2) is 6.79. The summed E-state index contributed by atoms with van der Waals surface area (Å²) in [5.41, 5.74) is 2.36. The highest BCUT2D eigenvalue weighted by molar-refractivity contribution is 6.33. The largest absolute Gasteiger partial charge is 0.393 e. The van der Waals surface area contributed by atoms with Crippen LogP contribution in [0.2, 0.25) is 5.02 Å². The molecule has 2 rings (SSSR count). The number of halogens is 1. The van der Waals surface area contributed by atoms with Crippen LogP contribution in [-0.2, 0) is 6.54 Å². The smallest absolute Gasteiger partial charge is 0.0642 e. The van der Waals surface area contributed by atoms with Crippen LogP contribution in [0.3, 0.4) is 0 Å². The molecular formula is C16H25ClN2O. The van der Waals surface area contributed by atoms with E-state index in [1.165, 1.54) is 5.56 Å². The van der Waals surface area contributed by atoms with Crippen molar-refractivity contribution >= 4 is 17.3 Å². The van der Waals surface area contributed by atoms with Gasteiger partial charge in [0.2, 0.25) is 0 Å². The lowest BCUT2D eigenvalue weighted by Crippen LogP contribution is -2.27. The Labute approximate surface area is 126 Å². The van der Waals surface area contributed by atoms with E-state index in [2.05, 4.69) is 30.1 Å². The first-order valence-electron chi connectivity index (χ1n) is 7.42. The minimum absolute atomic E-state index is 0.250. The Balaban J connectivity index is 2.18. The maximum absolute atomic E-state index is 9.76. The molecule has 20 heavy (non-hydrogen) atoms. The number of benzene rings is 1. The van der Waals surface area contributed by atoms with Gasteiger partial charge in [-0.1, -0.05) is 37.6 Å². The van der Waals surface area contributed by atoms with Gasteiger partial charge in [-0.25, -0.2) is 0 Å². The summed E-state index contributed by atoms with van der Waals surface area (Å²) in [6.07, 6.45) is 0.777. The lowest BCUT2D eigenvalue weighted by atomic mass is 10.0. The molecule has 1 aliphatic heterocycles. The van der Waals surface area contributed by atoms with Crippen LogP contribution in [0.25, 0.3) is 0 Å². The van der Waals surface area contributed by atoms with E-state index in [1.54, 1.807) is 0 Å². The summed E-state index contributed by atoms with van der Waals surface area (Å²) < 4.78 is 0. The van der Waals surface area contributed by atoms with Gasteiger partial charge in [-0.05, 0) is 25.0 Å². The zero-order valence-corrected chi connectivity index (χ0v) is 13.3. The number of anilines is 1. The van der Waals surface area contributed by atoms with Gasteiger partial charge in [-0.2, -0.15) is 0 Å². The standard InChI is InChI=1S/C16H25ClN2O/c1-11(2)18-9-13-5-4-6-15(17)16(13)19-8-7-14(10-19)12(3)20/h4-6,11-12,14,18,20H,7-10H2,1-3H3. The van der Waals surface area contributed by atoms with Gasteiger partial charge < -0.3 is 15.3 Å². The topological polar surface area (TPSA) is 35.5 Å². The monoisotopic (exact) mass is 296 g/mol. The van der Waals surface area contributed by atoms with Crippen LogP contribution in [0, 0.1) is 5.92 Å². The summed E-state index contributed by atoms with van der Waals surface area (Å²) in [6, 6.07) is 6.54. The van der Waals surface area contributed by atoms with Crippen molar-refractivity contribution in [3.63, 3.8) is 0 Å². The second-order valence-electron chi connectivity index (χ2n) is 6.02. The molecule has 1 fully saturated rings. The van der Waals surface area contributed by atoms with Crippen LogP contribution in [-0.4, -0.2) is 30.3 Å². The summed E-state index contributed by atoms with van der Waals surface area (Å²) in [4.78, 5) is 2.32. The molecule has 112 valence electrons. The maximum Gasteiger partial charge on any atom is 0.0642 e. The number of hydrogen-bond acceptors (Lipinski definition) is 3. The Morgan fingerprint density at radius 2 is 2.15 bits per heavy atom. The van der Waals surface area contributed by atoms with Gasteiger partial charge in [0.15, 0.2) is 0 Å². The first kappa shape index (κ1) is 15.6. The molecule has 1 heterocycles. The highest BCUT2D eigenvalue weighted by Gasteiger charge is 2.28. The van der Waals surface area contributed by atoms with Crippen molar-refractivity contribution in [3.8, 4) is 0 Å². The van der Waals surface area contributed by atoms with E-state index >= 15 is 0 Å². The third-order valence-corrected chi connectivity index (χ3v) is 4.30. The van der Waals surface area contributed by atoms with Crippen molar-refractivity contribution in [2.45, 2.75) is 45.9 Å². The minimum atomic E-state index is -0.250. The number of nitrogens with zero attached hydrogens (tertiary/aromatic N) is 1. The normalized spacial score (nSPS) is 20.7. The first-order chi connectivity index (χ1) is 9.49. The number of aliphatic hydroxyl groups excluding tert-OH is 1. The molecular weight excluding hydrogens is 272 g/mol. The molecule has 2 N–H and O–H groups in total. The zero-order valence-electron chi connectivity index (χ0n) is 12.6. The zero-order chi connectivity index (χ0) is 14.7. The van der Waals surface area contributed by atoms with Crippen LogP contribution in [0.1, 0.15) is 32.8 Å². The molecule has 2 unspecified atom stereocenters. The average Bonchev–Trinajstić information content (AvgIpc) is 2.85. The van der Waals surface area contributed by atoms with Crippen molar-refractivity contribution in [1.29, 1.82) is 0 Å². The van der Waals surface area contributed by atoms with E-state index in [4.69, 9.17) is 11.6 Å². The molecule has 1 aromatic rings. The van der Waals surface area contributed by atoms with Gasteiger partial charge in [-0.3, -0.25) is 0 Å². The molecule has 2 atom stereocenters. The molecule has 0 radical (unpaired) electrons. The third kappa shape index (κ3) is 3.66. The van der Waals surface area contributed by atoms with E-state index in [0.717, 1.165) is 36.8 Å². The van der Waals surface area contributed by atoms with Gasteiger partial charge in [0.1, 0.15) is 0 Å². The summed E-state index contributed by atoms with van der Waals surface area (Å²) in [7, 11) is 0. The van der Waals surface area contributed by atoms with E-state index in [0.29, 0.717) is 12.0 Å². The quantitative estimate of drug-likeness (QED) is 0.877. The molecule has 0 saturated carbocycles. The van der Waals surface area contributed by atoms with Crippen LogP contribution < -0.4 is 10.2 Å². The highest BCUT2D eigenvalue weighted by atomic mass is 35.5. The van der Waals surface area contributed by atoms with Crippen molar-refractivity contribution in [2.75, 3.05) is 18.0 Å². The first-order valence-corrected chi connectivity index (χ1v) is 7.80. The fraction of sp³-hybridized carbons (Fsp3) is 0.625. The van der Waals surface area contributed by atoms with Gasteiger partial charge >= 0.3 is 0 Å². The molecule has 1 aliphatic rings. The van der Waals surface area contributed by atoms with E-state index < -0.39 is 0 Å². The highest BCUT2D eigenvalue weighted by Crippen LogP contribution is 2.34.